The maximum Gasteiger partial charge on any atom is 0.251 e. The SMILES string of the molecule is Cc1ccc2cc(CCCN)c(=O)[nH]c2c1. The molecule has 0 radical (unpaired) electrons. The van der Waals surface area contributed by atoms with E-state index in [1.54, 1.807) is 0 Å². The summed E-state index contributed by atoms with van der Waals surface area (Å²) in [5.41, 5.74) is 8.33. The number of aromatic amines is 1. The van der Waals surface area contributed by atoms with Crippen LogP contribution in [0.1, 0.15) is 17.5 Å². The van der Waals surface area contributed by atoms with Crippen molar-refractivity contribution in [3.8, 4) is 0 Å². The first-order chi connectivity index (χ1) is 7.70. The summed E-state index contributed by atoms with van der Waals surface area (Å²) in [6.07, 6.45) is 1.59. The highest BCUT2D eigenvalue weighted by atomic mass is 16.1. The van der Waals surface area contributed by atoms with Crippen molar-refractivity contribution in [1.29, 1.82) is 0 Å². The molecule has 0 bridgehead atoms. The summed E-state index contributed by atoms with van der Waals surface area (Å²) in [4.78, 5) is 14.7. The quantitative estimate of drug-likeness (QED) is 0.820. The van der Waals surface area contributed by atoms with Crippen molar-refractivity contribution < 1.29 is 0 Å². The topological polar surface area (TPSA) is 58.9 Å². The van der Waals surface area contributed by atoms with Crippen molar-refractivity contribution in [2.75, 3.05) is 6.54 Å². The molecule has 3 heteroatoms. The zero-order valence-electron chi connectivity index (χ0n) is 9.42. The van der Waals surface area contributed by atoms with Crippen LogP contribution in [0.5, 0.6) is 0 Å². The molecule has 16 heavy (non-hydrogen) atoms. The van der Waals surface area contributed by atoms with Gasteiger partial charge in [0.15, 0.2) is 0 Å². The number of nitrogens with two attached hydrogens (primary N) is 1. The summed E-state index contributed by atoms with van der Waals surface area (Å²) in [5, 5.41) is 1.08. The number of aryl methyl sites for hydroxylation is 2. The Labute approximate surface area is 94.3 Å². The van der Waals surface area contributed by atoms with Crippen LogP contribution in [0, 0.1) is 6.92 Å². The largest absolute Gasteiger partial charge is 0.330 e. The van der Waals surface area contributed by atoms with E-state index in [-0.39, 0.29) is 5.56 Å². The highest BCUT2D eigenvalue weighted by molar-refractivity contribution is 5.79. The van der Waals surface area contributed by atoms with Gasteiger partial charge in [0, 0.05) is 11.1 Å². The fourth-order valence-corrected chi connectivity index (χ4v) is 1.84. The molecule has 0 aliphatic rings. The molecule has 1 aromatic heterocycles. The molecule has 1 heterocycles. The van der Waals surface area contributed by atoms with E-state index in [0.29, 0.717) is 6.54 Å². The molecule has 0 saturated carbocycles. The third kappa shape index (κ3) is 2.14. The maximum absolute atomic E-state index is 11.8. The Morgan fingerprint density at radius 3 is 2.88 bits per heavy atom. The number of nitrogens with one attached hydrogen (secondary N) is 1. The first-order valence-corrected chi connectivity index (χ1v) is 5.53. The van der Waals surface area contributed by atoms with E-state index in [1.165, 1.54) is 0 Å². The van der Waals surface area contributed by atoms with Gasteiger partial charge in [-0.25, -0.2) is 0 Å². The molecule has 0 saturated heterocycles. The molecule has 3 nitrogen and oxygen atoms in total. The summed E-state index contributed by atoms with van der Waals surface area (Å²) in [7, 11) is 0. The average Bonchev–Trinajstić information content (AvgIpc) is 2.26. The van der Waals surface area contributed by atoms with Gasteiger partial charge in [-0.1, -0.05) is 12.1 Å². The van der Waals surface area contributed by atoms with Crippen molar-refractivity contribution in [3.63, 3.8) is 0 Å². The van der Waals surface area contributed by atoms with Gasteiger partial charge in [-0.15, -0.1) is 0 Å². The molecule has 0 spiro atoms. The Hall–Kier alpha value is -1.61. The Kier molecular flexibility index (Phi) is 3.06. The van der Waals surface area contributed by atoms with E-state index >= 15 is 0 Å². The lowest BCUT2D eigenvalue weighted by atomic mass is 10.1. The standard InChI is InChI=1S/C13H16N2O/c1-9-4-5-10-8-11(3-2-6-14)13(16)15-12(10)7-9/h4-5,7-8H,2-3,6,14H2,1H3,(H,15,16). The van der Waals surface area contributed by atoms with Gasteiger partial charge >= 0.3 is 0 Å². The van der Waals surface area contributed by atoms with Crippen molar-refractivity contribution in [2.45, 2.75) is 19.8 Å². The van der Waals surface area contributed by atoms with Gasteiger partial charge in [0.2, 0.25) is 0 Å². The minimum Gasteiger partial charge on any atom is -0.330 e. The number of H-pyrrole nitrogens is 1. The van der Waals surface area contributed by atoms with Crippen LogP contribution in [-0.2, 0) is 6.42 Å². The highest BCUT2D eigenvalue weighted by Crippen LogP contribution is 2.13. The molecule has 0 fully saturated rings. The molecular formula is C13H16N2O. The van der Waals surface area contributed by atoms with Crippen LogP contribution in [0.15, 0.2) is 29.1 Å². The molecular weight excluding hydrogens is 200 g/mol. The zero-order chi connectivity index (χ0) is 11.5. The molecule has 3 N–H and O–H groups in total. The van der Waals surface area contributed by atoms with Crippen molar-refractivity contribution in [1.82, 2.24) is 4.98 Å². The third-order valence-electron chi connectivity index (χ3n) is 2.73. The minimum absolute atomic E-state index is 0.00606. The summed E-state index contributed by atoms with van der Waals surface area (Å²) in [6.45, 7) is 2.63. The van der Waals surface area contributed by atoms with Gasteiger partial charge in [-0.2, -0.15) is 0 Å². The summed E-state index contributed by atoms with van der Waals surface area (Å²) in [6, 6.07) is 8.03. The molecule has 1 aromatic carbocycles. The van der Waals surface area contributed by atoms with Crippen LogP contribution in [0.4, 0.5) is 0 Å². The van der Waals surface area contributed by atoms with E-state index in [9.17, 15) is 4.79 Å². The van der Waals surface area contributed by atoms with Crippen LogP contribution >= 0.6 is 0 Å². The number of rotatable bonds is 3. The number of aromatic nitrogens is 1. The normalized spacial score (nSPS) is 10.9. The van der Waals surface area contributed by atoms with Crippen LogP contribution in [0.3, 0.4) is 0 Å². The second-order valence-electron chi connectivity index (χ2n) is 4.11. The second kappa shape index (κ2) is 4.49. The third-order valence-corrected chi connectivity index (χ3v) is 2.73. The molecule has 0 amide bonds. The molecule has 0 aliphatic heterocycles. The van der Waals surface area contributed by atoms with Gasteiger partial charge in [0.1, 0.15) is 0 Å². The summed E-state index contributed by atoms with van der Waals surface area (Å²) in [5.74, 6) is 0. The monoisotopic (exact) mass is 216 g/mol. The van der Waals surface area contributed by atoms with Gasteiger partial charge in [-0.05, 0) is 49.4 Å². The van der Waals surface area contributed by atoms with E-state index in [0.717, 1.165) is 34.9 Å². The average molecular weight is 216 g/mol. The predicted molar refractivity (Wildman–Crippen MR) is 66.7 cm³/mol. The van der Waals surface area contributed by atoms with Gasteiger partial charge in [0.25, 0.3) is 5.56 Å². The second-order valence-corrected chi connectivity index (χ2v) is 4.11. The summed E-state index contributed by atoms with van der Waals surface area (Å²) >= 11 is 0. The Morgan fingerprint density at radius 1 is 1.31 bits per heavy atom. The molecule has 2 aromatic rings. The van der Waals surface area contributed by atoms with Gasteiger partial charge in [-0.3, -0.25) is 4.79 Å². The molecule has 0 unspecified atom stereocenters. The van der Waals surface area contributed by atoms with Crippen LogP contribution in [-0.4, -0.2) is 11.5 Å². The van der Waals surface area contributed by atoms with E-state index in [1.807, 2.05) is 31.2 Å². The lowest BCUT2D eigenvalue weighted by Crippen LogP contribution is -2.13. The van der Waals surface area contributed by atoms with Crippen molar-refractivity contribution in [3.05, 3.63) is 45.7 Å². The zero-order valence-corrected chi connectivity index (χ0v) is 9.42. The first-order valence-electron chi connectivity index (χ1n) is 5.53. The Bertz CT molecular complexity index is 557. The van der Waals surface area contributed by atoms with Crippen LogP contribution < -0.4 is 11.3 Å². The van der Waals surface area contributed by atoms with Crippen LogP contribution in [0.25, 0.3) is 10.9 Å². The van der Waals surface area contributed by atoms with Gasteiger partial charge in [0.05, 0.1) is 0 Å². The van der Waals surface area contributed by atoms with Crippen molar-refractivity contribution in [2.24, 2.45) is 5.73 Å². The van der Waals surface area contributed by atoms with Crippen molar-refractivity contribution >= 4 is 10.9 Å². The van der Waals surface area contributed by atoms with E-state index in [2.05, 4.69) is 4.98 Å². The number of pyridine rings is 1. The fraction of sp³-hybridized carbons (Fsp3) is 0.308. The molecule has 0 atom stereocenters. The van der Waals surface area contributed by atoms with Gasteiger partial charge < -0.3 is 10.7 Å². The van der Waals surface area contributed by atoms with E-state index < -0.39 is 0 Å². The Morgan fingerprint density at radius 2 is 2.12 bits per heavy atom. The number of hydrogen-bond acceptors (Lipinski definition) is 2. The number of benzene rings is 1. The molecule has 84 valence electrons. The number of fused-ring (bicyclic) bond motifs is 1. The van der Waals surface area contributed by atoms with Crippen LogP contribution in [0.2, 0.25) is 0 Å². The highest BCUT2D eigenvalue weighted by Gasteiger charge is 2.02. The summed E-state index contributed by atoms with van der Waals surface area (Å²) < 4.78 is 0. The van der Waals surface area contributed by atoms with E-state index in [4.69, 9.17) is 5.73 Å². The number of hydrogen-bond donors (Lipinski definition) is 2. The predicted octanol–water partition coefficient (Wildman–Crippen LogP) is 1.73. The smallest absolute Gasteiger partial charge is 0.251 e. The maximum atomic E-state index is 11.8. The lowest BCUT2D eigenvalue weighted by molar-refractivity contribution is 0.824. The first kappa shape index (κ1) is 10.9. The lowest BCUT2D eigenvalue weighted by Gasteiger charge is -2.03. The fourth-order valence-electron chi connectivity index (χ4n) is 1.84. The molecule has 2 rings (SSSR count). The minimum atomic E-state index is 0.00606. The Balaban J connectivity index is 2.50. The molecule has 0 aliphatic carbocycles.